The number of aromatic hydroxyl groups is 1. The number of alkyl halides is 6. The van der Waals surface area contributed by atoms with Crippen LogP contribution in [0.3, 0.4) is 0 Å². The highest BCUT2D eigenvalue weighted by Gasteiger charge is 2.32. The van der Waals surface area contributed by atoms with Crippen molar-refractivity contribution in [3.63, 3.8) is 0 Å². The van der Waals surface area contributed by atoms with Crippen LogP contribution in [0.4, 0.5) is 32.0 Å². The second-order valence-corrected chi connectivity index (χ2v) is 6.92. The van der Waals surface area contributed by atoms with E-state index in [1.54, 1.807) is 0 Å². The lowest BCUT2D eigenvalue weighted by Gasteiger charge is -2.14. The van der Waals surface area contributed by atoms with Crippen LogP contribution in [0.1, 0.15) is 21.5 Å². The molecule has 162 valence electrons. The van der Waals surface area contributed by atoms with Gasteiger partial charge in [0, 0.05) is 10.7 Å². The highest BCUT2D eigenvalue weighted by Crippen LogP contribution is 2.36. The van der Waals surface area contributed by atoms with Gasteiger partial charge in [-0.3, -0.25) is 4.79 Å². The van der Waals surface area contributed by atoms with Crippen molar-refractivity contribution in [3.05, 3.63) is 82.4 Å². The summed E-state index contributed by atoms with van der Waals surface area (Å²) >= 11 is 5.78. The number of hydrogen-bond acceptors (Lipinski definition) is 2. The highest BCUT2D eigenvalue weighted by molar-refractivity contribution is 6.31. The van der Waals surface area contributed by atoms with E-state index in [1.165, 1.54) is 12.1 Å². The Balaban J connectivity index is 2.01. The second kappa shape index (κ2) is 8.14. The van der Waals surface area contributed by atoms with Crippen LogP contribution in [-0.2, 0) is 12.4 Å². The van der Waals surface area contributed by atoms with E-state index in [4.69, 9.17) is 11.6 Å². The fourth-order valence-corrected chi connectivity index (χ4v) is 2.94. The monoisotopic (exact) mass is 459 g/mol. The number of anilines is 1. The van der Waals surface area contributed by atoms with Crippen molar-refractivity contribution in [1.82, 2.24) is 0 Å². The molecule has 0 bridgehead atoms. The molecule has 1 amide bonds. The molecule has 3 aromatic carbocycles. The quantitative estimate of drug-likeness (QED) is 0.414. The summed E-state index contributed by atoms with van der Waals surface area (Å²) in [6.07, 6.45) is -9.37. The minimum absolute atomic E-state index is 0.0610. The average Bonchev–Trinajstić information content (AvgIpc) is 2.68. The van der Waals surface area contributed by atoms with Crippen LogP contribution < -0.4 is 5.32 Å². The first kappa shape index (κ1) is 22.5. The van der Waals surface area contributed by atoms with Gasteiger partial charge in [-0.2, -0.15) is 26.3 Å². The molecule has 0 heterocycles. The van der Waals surface area contributed by atoms with E-state index in [9.17, 15) is 36.2 Å². The molecule has 3 nitrogen and oxygen atoms in total. The number of carbonyl (C=O) groups excluding carboxylic acids is 1. The third-order valence-corrected chi connectivity index (χ3v) is 4.50. The summed E-state index contributed by atoms with van der Waals surface area (Å²) in [5.74, 6) is -1.35. The van der Waals surface area contributed by atoms with Gasteiger partial charge in [0.05, 0.1) is 16.7 Å². The number of phenols is 1. The smallest absolute Gasteiger partial charge is 0.416 e. The molecule has 0 unspecified atom stereocenters. The zero-order valence-corrected chi connectivity index (χ0v) is 16.0. The highest BCUT2D eigenvalue weighted by atomic mass is 35.5. The molecule has 0 aliphatic carbocycles. The van der Waals surface area contributed by atoms with Crippen LogP contribution in [0.5, 0.6) is 5.75 Å². The Labute approximate surface area is 176 Å². The molecule has 10 heteroatoms. The summed E-state index contributed by atoms with van der Waals surface area (Å²) in [4.78, 5) is 12.4. The molecule has 0 saturated carbocycles. The first-order valence-electron chi connectivity index (χ1n) is 8.54. The van der Waals surface area contributed by atoms with Crippen molar-refractivity contribution in [2.75, 3.05) is 5.32 Å². The van der Waals surface area contributed by atoms with Crippen molar-refractivity contribution in [3.8, 4) is 16.9 Å². The summed E-state index contributed by atoms with van der Waals surface area (Å²) < 4.78 is 78.3. The molecule has 0 aromatic heterocycles. The molecule has 0 aliphatic rings. The molecule has 0 atom stereocenters. The molecule has 3 aromatic rings. The maximum Gasteiger partial charge on any atom is 0.416 e. The van der Waals surface area contributed by atoms with Crippen LogP contribution in [0.25, 0.3) is 11.1 Å². The molecule has 0 spiro atoms. The van der Waals surface area contributed by atoms with Crippen molar-refractivity contribution in [1.29, 1.82) is 0 Å². The minimum atomic E-state index is -4.78. The summed E-state index contributed by atoms with van der Waals surface area (Å²) in [6.45, 7) is 0. The first-order chi connectivity index (χ1) is 14.3. The standard InChI is InChI=1S/C21H12ClF6NO2/c22-15-5-6-18(30)17(10-15)19(31)29-16-8-12(7-14(9-16)21(26,27)28)11-1-3-13(4-2-11)20(23,24)25/h1-10,30H,(H,29,31). The topological polar surface area (TPSA) is 49.3 Å². The molecule has 0 fully saturated rings. The lowest BCUT2D eigenvalue weighted by atomic mass is 10.00. The van der Waals surface area contributed by atoms with Gasteiger partial charge in [-0.1, -0.05) is 23.7 Å². The molecule has 0 saturated heterocycles. The van der Waals surface area contributed by atoms with Crippen molar-refractivity contribution in [2.24, 2.45) is 0 Å². The SMILES string of the molecule is O=C(Nc1cc(-c2ccc(C(F)(F)F)cc2)cc(C(F)(F)F)c1)c1cc(Cl)ccc1O. The maximum absolute atomic E-state index is 13.3. The molecule has 0 aliphatic heterocycles. The van der Waals surface area contributed by atoms with Crippen LogP contribution >= 0.6 is 11.6 Å². The van der Waals surface area contributed by atoms with Crippen molar-refractivity contribution in [2.45, 2.75) is 12.4 Å². The van der Waals surface area contributed by atoms with Gasteiger partial charge in [0.15, 0.2) is 0 Å². The van der Waals surface area contributed by atoms with Crippen LogP contribution in [0, 0.1) is 0 Å². The summed E-state index contributed by atoms with van der Waals surface area (Å²) in [6, 6.07) is 9.78. The molecule has 3 rings (SSSR count). The number of rotatable bonds is 3. The fraction of sp³-hybridized carbons (Fsp3) is 0.0952. The van der Waals surface area contributed by atoms with Crippen LogP contribution in [0.2, 0.25) is 5.02 Å². The van der Waals surface area contributed by atoms with E-state index in [2.05, 4.69) is 5.32 Å². The number of nitrogens with one attached hydrogen (secondary N) is 1. The Morgan fingerprint density at radius 1 is 0.774 bits per heavy atom. The van der Waals surface area contributed by atoms with E-state index in [1.807, 2.05) is 0 Å². The Hall–Kier alpha value is -3.20. The molecule has 0 radical (unpaired) electrons. The second-order valence-electron chi connectivity index (χ2n) is 6.49. The largest absolute Gasteiger partial charge is 0.507 e. The van der Waals surface area contributed by atoms with Crippen LogP contribution in [0.15, 0.2) is 60.7 Å². The number of phenolic OH excluding ortho intramolecular Hbond substituents is 1. The van der Waals surface area contributed by atoms with E-state index >= 15 is 0 Å². The number of benzene rings is 3. The zero-order valence-electron chi connectivity index (χ0n) is 15.3. The maximum atomic E-state index is 13.3. The Morgan fingerprint density at radius 3 is 1.97 bits per heavy atom. The molecular weight excluding hydrogens is 448 g/mol. The number of amides is 1. The van der Waals surface area contributed by atoms with Crippen molar-refractivity contribution < 1.29 is 36.2 Å². The lowest BCUT2D eigenvalue weighted by Crippen LogP contribution is -2.14. The zero-order chi connectivity index (χ0) is 23.0. The normalized spacial score (nSPS) is 12.0. The predicted molar refractivity (Wildman–Crippen MR) is 103 cm³/mol. The lowest BCUT2D eigenvalue weighted by molar-refractivity contribution is -0.138. The fourth-order valence-electron chi connectivity index (χ4n) is 2.77. The van der Waals surface area contributed by atoms with Crippen molar-refractivity contribution >= 4 is 23.2 Å². The third-order valence-electron chi connectivity index (χ3n) is 4.27. The van der Waals surface area contributed by atoms with E-state index in [-0.39, 0.29) is 27.4 Å². The summed E-state index contributed by atoms with van der Waals surface area (Å²) in [7, 11) is 0. The van der Waals surface area contributed by atoms with E-state index in [0.29, 0.717) is 6.07 Å². The summed E-state index contributed by atoms with van der Waals surface area (Å²) in [5.41, 5.74) is -2.58. The van der Waals surface area contributed by atoms with Gasteiger partial charge in [0.1, 0.15) is 5.75 Å². The number of halogens is 7. The minimum Gasteiger partial charge on any atom is -0.507 e. The first-order valence-corrected chi connectivity index (χ1v) is 8.92. The van der Waals surface area contributed by atoms with Gasteiger partial charge in [0.2, 0.25) is 0 Å². The summed E-state index contributed by atoms with van der Waals surface area (Å²) in [5, 5.41) is 12.2. The predicted octanol–water partition coefficient (Wildman–Crippen LogP) is 7.00. The van der Waals surface area contributed by atoms with E-state index in [0.717, 1.165) is 42.5 Å². The van der Waals surface area contributed by atoms with Crippen LogP contribution in [-0.4, -0.2) is 11.0 Å². The third kappa shape index (κ3) is 5.29. The number of carbonyl (C=O) groups is 1. The van der Waals surface area contributed by atoms with Gasteiger partial charge in [-0.15, -0.1) is 0 Å². The van der Waals surface area contributed by atoms with Gasteiger partial charge in [-0.25, -0.2) is 0 Å². The van der Waals surface area contributed by atoms with Gasteiger partial charge in [-0.05, 0) is 59.7 Å². The molecule has 2 N–H and O–H groups in total. The Morgan fingerprint density at radius 2 is 1.39 bits per heavy atom. The van der Waals surface area contributed by atoms with E-state index < -0.39 is 35.1 Å². The molecule has 31 heavy (non-hydrogen) atoms. The average molecular weight is 460 g/mol. The number of hydrogen-bond donors (Lipinski definition) is 2. The Kier molecular flexibility index (Phi) is 5.91. The Bertz CT molecular complexity index is 1120. The van der Waals surface area contributed by atoms with Gasteiger partial charge in [0.25, 0.3) is 5.91 Å². The van der Waals surface area contributed by atoms with Gasteiger partial charge < -0.3 is 10.4 Å². The van der Waals surface area contributed by atoms with Gasteiger partial charge >= 0.3 is 12.4 Å². The molecular formula is C21H12ClF6NO2.